The van der Waals surface area contributed by atoms with E-state index in [1.165, 1.54) is 44.1 Å². The summed E-state index contributed by atoms with van der Waals surface area (Å²) in [6.07, 6.45) is 9.94. The minimum Gasteiger partial charge on any atom is -0.505 e. The molecule has 0 aliphatic carbocycles. The molecule has 0 radical (unpaired) electrons. The van der Waals surface area contributed by atoms with E-state index in [9.17, 15) is 9.90 Å². The Morgan fingerprint density at radius 2 is 2.00 bits per heavy atom. The zero-order chi connectivity index (χ0) is 13.2. The summed E-state index contributed by atoms with van der Waals surface area (Å²) < 4.78 is 0. The molecular formula is C14H22N2O2. The number of nitrogens with zero attached hydrogens (tertiary/aromatic N) is 1. The Morgan fingerprint density at radius 3 is 2.72 bits per heavy atom. The largest absolute Gasteiger partial charge is 0.505 e. The predicted octanol–water partition coefficient (Wildman–Crippen LogP) is 2.88. The average molecular weight is 250 g/mol. The van der Waals surface area contributed by atoms with E-state index in [0.29, 0.717) is 6.54 Å². The number of aromatic nitrogens is 1. The number of nitrogens with one attached hydrogen (secondary N) is 1. The van der Waals surface area contributed by atoms with Crippen molar-refractivity contribution in [2.75, 3.05) is 6.54 Å². The molecule has 1 aromatic heterocycles. The van der Waals surface area contributed by atoms with E-state index in [2.05, 4.69) is 17.2 Å². The van der Waals surface area contributed by atoms with Gasteiger partial charge in [0.25, 0.3) is 5.91 Å². The van der Waals surface area contributed by atoms with E-state index in [-0.39, 0.29) is 17.2 Å². The van der Waals surface area contributed by atoms with Crippen LogP contribution in [0.4, 0.5) is 0 Å². The molecule has 1 rings (SSSR count). The maximum Gasteiger partial charge on any atom is 0.255 e. The molecule has 0 spiro atoms. The van der Waals surface area contributed by atoms with Crippen molar-refractivity contribution in [3.8, 4) is 5.75 Å². The van der Waals surface area contributed by atoms with Crippen molar-refractivity contribution >= 4 is 5.91 Å². The molecule has 0 bridgehead atoms. The second-order valence-electron chi connectivity index (χ2n) is 4.42. The summed E-state index contributed by atoms with van der Waals surface area (Å²) >= 11 is 0. The topological polar surface area (TPSA) is 62.2 Å². The standard InChI is InChI=1S/C14H22N2O2/c1-2-3-4-5-6-7-9-16-14(18)12-8-10-15-11-13(12)17/h8,10-11,17H,2-7,9H2,1H3,(H,16,18). The zero-order valence-corrected chi connectivity index (χ0v) is 11.0. The highest BCUT2D eigenvalue weighted by molar-refractivity contribution is 5.96. The number of aromatic hydroxyl groups is 1. The van der Waals surface area contributed by atoms with Crippen LogP contribution in [-0.2, 0) is 0 Å². The van der Waals surface area contributed by atoms with Crippen molar-refractivity contribution in [2.24, 2.45) is 0 Å². The van der Waals surface area contributed by atoms with Crippen LogP contribution < -0.4 is 5.32 Å². The van der Waals surface area contributed by atoms with Gasteiger partial charge in [0.2, 0.25) is 0 Å². The summed E-state index contributed by atoms with van der Waals surface area (Å²) in [4.78, 5) is 15.4. The molecular weight excluding hydrogens is 228 g/mol. The quantitative estimate of drug-likeness (QED) is 0.697. The Bertz CT molecular complexity index is 367. The van der Waals surface area contributed by atoms with Gasteiger partial charge < -0.3 is 10.4 Å². The minimum atomic E-state index is -0.233. The second-order valence-corrected chi connectivity index (χ2v) is 4.42. The number of carbonyl (C=O) groups is 1. The Balaban J connectivity index is 2.16. The first-order chi connectivity index (χ1) is 8.75. The third-order valence-corrected chi connectivity index (χ3v) is 2.86. The third-order valence-electron chi connectivity index (χ3n) is 2.86. The molecule has 1 aromatic rings. The van der Waals surface area contributed by atoms with Gasteiger partial charge in [-0.1, -0.05) is 39.0 Å². The summed E-state index contributed by atoms with van der Waals surface area (Å²) in [5.74, 6) is -0.304. The Hall–Kier alpha value is -1.58. The smallest absolute Gasteiger partial charge is 0.255 e. The van der Waals surface area contributed by atoms with Gasteiger partial charge >= 0.3 is 0 Å². The van der Waals surface area contributed by atoms with Crippen LogP contribution in [-0.4, -0.2) is 22.5 Å². The van der Waals surface area contributed by atoms with Crippen LogP contribution in [0.2, 0.25) is 0 Å². The molecule has 0 saturated carbocycles. The monoisotopic (exact) mass is 250 g/mol. The van der Waals surface area contributed by atoms with Crippen LogP contribution in [0.15, 0.2) is 18.5 Å². The van der Waals surface area contributed by atoms with Crippen LogP contribution >= 0.6 is 0 Å². The number of unbranched alkanes of at least 4 members (excludes halogenated alkanes) is 5. The zero-order valence-electron chi connectivity index (χ0n) is 11.0. The van der Waals surface area contributed by atoms with E-state index in [4.69, 9.17) is 0 Å². The molecule has 4 heteroatoms. The van der Waals surface area contributed by atoms with Gasteiger partial charge in [0, 0.05) is 12.7 Å². The summed E-state index contributed by atoms with van der Waals surface area (Å²) in [6, 6.07) is 1.52. The molecule has 100 valence electrons. The lowest BCUT2D eigenvalue weighted by Gasteiger charge is -2.06. The molecule has 4 nitrogen and oxygen atoms in total. The summed E-state index contributed by atoms with van der Waals surface area (Å²) in [7, 11) is 0. The van der Waals surface area contributed by atoms with Crippen molar-refractivity contribution in [3.05, 3.63) is 24.0 Å². The molecule has 18 heavy (non-hydrogen) atoms. The highest BCUT2D eigenvalue weighted by Crippen LogP contribution is 2.13. The average Bonchev–Trinajstić information content (AvgIpc) is 2.38. The second kappa shape index (κ2) is 8.50. The number of hydrogen-bond acceptors (Lipinski definition) is 3. The van der Waals surface area contributed by atoms with E-state index in [0.717, 1.165) is 12.8 Å². The van der Waals surface area contributed by atoms with Crippen LogP contribution in [0.1, 0.15) is 55.8 Å². The van der Waals surface area contributed by atoms with Gasteiger partial charge in [-0.2, -0.15) is 0 Å². The number of hydrogen-bond donors (Lipinski definition) is 2. The normalized spacial score (nSPS) is 10.3. The number of carbonyl (C=O) groups excluding carboxylic acids is 1. The fraction of sp³-hybridized carbons (Fsp3) is 0.571. The van der Waals surface area contributed by atoms with Crippen molar-refractivity contribution in [2.45, 2.75) is 45.4 Å². The maximum atomic E-state index is 11.7. The Kier molecular flexibility index (Phi) is 6.84. The Morgan fingerprint density at radius 1 is 1.28 bits per heavy atom. The summed E-state index contributed by atoms with van der Waals surface area (Å²) in [6.45, 7) is 2.86. The molecule has 0 atom stereocenters. The first-order valence-corrected chi connectivity index (χ1v) is 6.67. The number of rotatable bonds is 8. The fourth-order valence-electron chi connectivity index (χ4n) is 1.78. The summed E-state index contributed by atoms with van der Waals surface area (Å²) in [5, 5.41) is 12.3. The van der Waals surface area contributed by atoms with Crippen molar-refractivity contribution < 1.29 is 9.90 Å². The van der Waals surface area contributed by atoms with Gasteiger partial charge in [0.15, 0.2) is 0 Å². The molecule has 0 unspecified atom stereocenters. The Labute approximate surface area is 108 Å². The van der Waals surface area contributed by atoms with E-state index < -0.39 is 0 Å². The molecule has 0 aliphatic heterocycles. The SMILES string of the molecule is CCCCCCCCNC(=O)c1ccncc1O. The highest BCUT2D eigenvalue weighted by Gasteiger charge is 2.09. The van der Waals surface area contributed by atoms with Gasteiger partial charge in [-0.3, -0.25) is 9.78 Å². The molecule has 0 aliphatic rings. The maximum absolute atomic E-state index is 11.7. The van der Waals surface area contributed by atoms with Crippen molar-refractivity contribution in [3.63, 3.8) is 0 Å². The number of amides is 1. The highest BCUT2D eigenvalue weighted by atomic mass is 16.3. The first-order valence-electron chi connectivity index (χ1n) is 6.67. The first kappa shape index (κ1) is 14.5. The van der Waals surface area contributed by atoms with Crippen LogP contribution in [0, 0.1) is 0 Å². The van der Waals surface area contributed by atoms with Gasteiger partial charge in [-0.15, -0.1) is 0 Å². The molecule has 0 fully saturated rings. The van der Waals surface area contributed by atoms with E-state index in [1.807, 2.05) is 0 Å². The van der Waals surface area contributed by atoms with Crippen LogP contribution in [0.3, 0.4) is 0 Å². The van der Waals surface area contributed by atoms with Gasteiger partial charge in [0.1, 0.15) is 5.75 Å². The number of pyridine rings is 1. The summed E-state index contributed by atoms with van der Waals surface area (Å²) in [5.41, 5.74) is 0.288. The third kappa shape index (κ3) is 5.17. The molecule has 0 saturated heterocycles. The lowest BCUT2D eigenvalue weighted by Crippen LogP contribution is -2.24. The van der Waals surface area contributed by atoms with Crippen LogP contribution in [0.5, 0.6) is 5.75 Å². The van der Waals surface area contributed by atoms with Gasteiger partial charge in [-0.05, 0) is 12.5 Å². The molecule has 1 amide bonds. The molecule has 2 N–H and O–H groups in total. The van der Waals surface area contributed by atoms with Crippen molar-refractivity contribution in [1.29, 1.82) is 0 Å². The fourth-order valence-corrected chi connectivity index (χ4v) is 1.78. The van der Waals surface area contributed by atoms with Crippen molar-refractivity contribution in [1.82, 2.24) is 10.3 Å². The molecule has 0 aromatic carbocycles. The molecule has 1 heterocycles. The van der Waals surface area contributed by atoms with Crippen LogP contribution in [0.25, 0.3) is 0 Å². The predicted molar refractivity (Wildman–Crippen MR) is 71.6 cm³/mol. The van der Waals surface area contributed by atoms with Gasteiger partial charge in [0.05, 0.1) is 11.8 Å². The van der Waals surface area contributed by atoms with E-state index in [1.54, 1.807) is 0 Å². The minimum absolute atomic E-state index is 0.0713. The van der Waals surface area contributed by atoms with E-state index >= 15 is 0 Å². The lowest BCUT2D eigenvalue weighted by atomic mass is 10.1. The van der Waals surface area contributed by atoms with Gasteiger partial charge in [-0.25, -0.2) is 0 Å². The lowest BCUT2D eigenvalue weighted by molar-refractivity contribution is 0.0950.